The van der Waals surface area contributed by atoms with Crippen LogP contribution in [0, 0.1) is 0 Å². The van der Waals surface area contributed by atoms with Crippen LogP contribution in [0.4, 0.5) is 0 Å². The van der Waals surface area contributed by atoms with Crippen molar-refractivity contribution in [3.05, 3.63) is 29.5 Å². The lowest BCUT2D eigenvalue weighted by Gasteiger charge is -1.99. The maximum Gasteiger partial charge on any atom is 0.203 e. The quantitative estimate of drug-likeness (QED) is 0.634. The Balaban J connectivity index is 2.32. The smallest absolute Gasteiger partial charge is 0.203 e. The Morgan fingerprint density at radius 3 is 2.81 bits per heavy atom. The number of nitrogens with zero attached hydrogens (tertiary/aromatic N) is 6. The van der Waals surface area contributed by atoms with Crippen molar-refractivity contribution in [2.75, 3.05) is 0 Å². The third kappa shape index (κ3) is 1.27. The van der Waals surface area contributed by atoms with Crippen molar-refractivity contribution in [2.45, 2.75) is 0 Å². The summed E-state index contributed by atoms with van der Waals surface area (Å²) >= 11 is 5.84. The van der Waals surface area contributed by atoms with Crippen LogP contribution in [-0.2, 0) is 7.05 Å². The van der Waals surface area contributed by atoms with Gasteiger partial charge in [0, 0.05) is 13.2 Å². The van der Waals surface area contributed by atoms with Crippen LogP contribution in [-0.4, -0.2) is 29.6 Å². The molecular weight excluding hydrogens is 228 g/mol. The average molecular weight is 235 g/mol. The molecule has 0 saturated heterocycles. The Morgan fingerprint density at radius 1 is 1.19 bits per heavy atom. The molecule has 3 rings (SSSR count). The molecule has 3 heterocycles. The van der Waals surface area contributed by atoms with Crippen molar-refractivity contribution in [3.63, 3.8) is 0 Å². The molecule has 0 radical (unpaired) electrons. The van der Waals surface area contributed by atoms with Crippen molar-refractivity contribution < 1.29 is 0 Å². The van der Waals surface area contributed by atoms with E-state index in [-0.39, 0.29) is 0 Å². The van der Waals surface area contributed by atoms with Gasteiger partial charge in [0.2, 0.25) is 5.82 Å². The van der Waals surface area contributed by atoms with E-state index in [9.17, 15) is 0 Å². The Labute approximate surface area is 95.5 Å². The Kier molecular flexibility index (Phi) is 1.90. The van der Waals surface area contributed by atoms with Crippen LogP contribution >= 0.6 is 11.6 Å². The number of halogens is 1. The Bertz CT molecular complexity index is 655. The standard InChI is InChI=1S/C9H7ClN6/c1-15-6(4-5-11-15)9-13-12-8-3-2-7(10)14-16(8)9/h2-5H,1H3. The van der Waals surface area contributed by atoms with Crippen LogP contribution in [0.1, 0.15) is 0 Å². The van der Waals surface area contributed by atoms with E-state index in [1.54, 1.807) is 27.5 Å². The van der Waals surface area contributed by atoms with Crippen LogP contribution in [0.5, 0.6) is 0 Å². The number of aromatic nitrogens is 6. The fourth-order valence-corrected chi connectivity index (χ4v) is 1.66. The first-order valence-electron chi connectivity index (χ1n) is 4.62. The molecule has 0 atom stereocenters. The third-order valence-electron chi connectivity index (χ3n) is 2.28. The van der Waals surface area contributed by atoms with Crippen molar-refractivity contribution in [3.8, 4) is 11.5 Å². The van der Waals surface area contributed by atoms with Gasteiger partial charge in [0.25, 0.3) is 0 Å². The SMILES string of the molecule is Cn1nccc1-c1nnc2ccc(Cl)nn12. The first-order chi connectivity index (χ1) is 7.75. The Morgan fingerprint density at radius 2 is 2.06 bits per heavy atom. The van der Waals surface area contributed by atoms with Gasteiger partial charge in [-0.1, -0.05) is 11.6 Å². The first-order valence-corrected chi connectivity index (χ1v) is 5.00. The summed E-state index contributed by atoms with van der Waals surface area (Å²) < 4.78 is 3.30. The number of aryl methyl sites for hydroxylation is 1. The summed E-state index contributed by atoms with van der Waals surface area (Å²) in [5, 5.41) is 16.7. The van der Waals surface area contributed by atoms with Crippen LogP contribution < -0.4 is 0 Å². The molecule has 0 amide bonds. The highest BCUT2D eigenvalue weighted by molar-refractivity contribution is 6.29. The Hall–Kier alpha value is -1.95. The van der Waals surface area contributed by atoms with E-state index >= 15 is 0 Å². The van der Waals surface area contributed by atoms with Gasteiger partial charge in [-0.05, 0) is 18.2 Å². The van der Waals surface area contributed by atoms with Crippen LogP contribution in [0.25, 0.3) is 17.2 Å². The summed E-state index contributed by atoms with van der Waals surface area (Å²) in [6.45, 7) is 0. The average Bonchev–Trinajstić information content (AvgIpc) is 2.83. The molecule has 0 bridgehead atoms. The minimum absolute atomic E-state index is 0.399. The van der Waals surface area contributed by atoms with Gasteiger partial charge in [-0.3, -0.25) is 4.68 Å². The predicted octanol–water partition coefficient (Wildman–Crippen LogP) is 1.18. The topological polar surface area (TPSA) is 60.9 Å². The lowest BCUT2D eigenvalue weighted by molar-refractivity contribution is 0.763. The highest BCUT2D eigenvalue weighted by atomic mass is 35.5. The third-order valence-corrected chi connectivity index (χ3v) is 2.48. The molecule has 0 unspecified atom stereocenters. The van der Waals surface area contributed by atoms with Crippen molar-refractivity contribution in [1.82, 2.24) is 29.6 Å². The van der Waals surface area contributed by atoms with Gasteiger partial charge in [-0.2, -0.15) is 14.7 Å². The minimum Gasteiger partial charge on any atom is -0.265 e. The number of rotatable bonds is 1. The summed E-state index contributed by atoms with van der Waals surface area (Å²) in [6, 6.07) is 5.29. The molecule has 80 valence electrons. The van der Waals surface area contributed by atoms with Crippen molar-refractivity contribution >= 4 is 17.2 Å². The van der Waals surface area contributed by atoms with E-state index in [0.29, 0.717) is 16.6 Å². The van der Waals surface area contributed by atoms with Gasteiger partial charge in [-0.25, -0.2) is 0 Å². The van der Waals surface area contributed by atoms with Crippen LogP contribution in [0.15, 0.2) is 24.4 Å². The molecule has 0 saturated carbocycles. The highest BCUT2D eigenvalue weighted by Gasteiger charge is 2.12. The molecule has 6 nitrogen and oxygen atoms in total. The zero-order valence-electron chi connectivity index (χ0n) is 8.37. The molecule has 0 aliphatic rings. The maximum atomic E-state index is 5.84. The molecule has 7 heteroatoms. The van der Waals surface area contributed by atoms with Crippen LogP contribution in [0.2, 0.25) is 5.15 Å². The zero-order chi connectivity index (χ0) is 11.1. The van der Waals surface area contributed by atoms with E-state index in [0.717, 1.165) is 5.69 Å². The summed E-state index contributed by atoms with van der Waals surface area (Å²) in [4.78, 5) is 0. The van der Waals surface area contributed by atoms with Gasteiger partial charge in [0.1, 0.15) is 10.8 Å². The molecule has 0 aliphatic heterocycles. The normalized spacial score (nSPS) is 11.1. The van der Waals surface area contributed by atoms with E-state index in [1.165, 1.54) is 0 Å². The summed E-state index contributed by atoms with van der Waals surface area (Å²) in [7, 11) is 1.83. The lowest BCUT2D eigenvalue weighted by Crippen LogP contribution is -2.00. The second-order valence-corrected chi connectivity index (χ2v) is 3.68. The number of fused-ring (bicyclic) bond motifs is 1. The summed E-state index contributed by atoms with van der Waals surface area (Å²) in [5.41, 5.74) is 1.49. The second kappa shape index (κ2) is 3.28. The van der Waals surface area contributed by atoms with E-state index in [4.69, 9.17) is 11.6 Å². The molecule has 16 heavy (non-hydrogen) atoms. The number of hydrogen-bond donors (Lipinski definition) is 0. The van der Waals surface area contributed by atoms with Gasteiger partial charge in [-0.15, -0.1) is 10.2 Å². The van der Waals surface area contributed by atoms with Crippen molar-refractivity contribution in [2.24, 2.45) is 7.05 Å². The molecule has 0 aliphatic carbocycles. The molecule has 0 N–H and O–H groups in total. The fraction of sp³-hybridized carbons (Fsp3) is 0.111. The van der Waals surface area contributed by atoms with Gasteiger partial charge in [0.05, 0.1) is 0 Å². The second-order valence-electron chi connectivity index (χ2n) is 3.29. The fourth-order valence-electron chi connectivity index (χ4n) is 1.52. The monoisotopic (exact) mass is 234 g/mol. The maximum absolute atomic E-state index is 5.84. The highest BCUT2D eigenvalue weighted by Crippen LogP contribution is 2.17. The molecule has 0 fully saturated rings. The zero-order valence-corrected chi connectivity index (χ0v) is 9.13. The van der Waals surface area contributed by atoms with Crippen LogP contribution in [0.3, 0.4) is 0 Å². The molecule has 3 aromatic rings. The number of hydrogen-bond acceptors (Lipinski definition) is 4. The van der Waals surface area contributed by atoms with E-state index < -0.39 is 0 Å². The summed E-state index contributed by atoms with van der Waals surface area (Å²) in [5.74, 6) is 0.623. The van der Waals surface area contributed by atoms with E-state index in [2.05, 4.69) is 20.4 Å². The van der Waals surface area contributed by atoms with Crippen molar-refractivity contribution in [1.29, 1.82) is 0 Å². The van der Waals surface area contributed by atoms with Gasteiger partial charge >= 0.3 is 0 Å². The largest absolute Gasteiger partial charge is 0.265 e. The molecule has 0 spiro atoms. The molecule has 0 aromatic carbocycles. The molecular formula is C9H7ClN6. The van der Waals surface area contributed by atoms with E-state index in [1.807, 2.05) is 13.1 Å². The lowest BCUT2D eigenvalue weighted by atomic mass is 10.4. The minimum atomic E-state index is 0.399. The van der Waals surface area contributed by atoms with Gasteiger partial charge < -0.3 is 0 Å². The first kappa shape index (κ1) is 9.29. The predicted molar refractivity (Wildman–Crippen MR) is 58.0 cm³/mol. The van der Waals surface area contributed by atoms with Gasteiger partial charge in [0.15, 0.2) is 5.65 Å². The summed E-state index contributed by atoms with van der Waals surface area (Å²) in [6.07, 6.45) is 1.70. The molecule has 3 aromatic heterocycles.